The highest BCUT2D eigenvalue weighted by molar-refractivity contribution is 7.18. The number of hydrogen-bond donors (Lipinski definition) is 2. The molecule has 2 aromatic heterocycles. The van der Waals surface area contributed by atoms with Crippen LogP contribution in [0.1, 0.15) is 47.6 Å². The third-order valence-electron chi connectivity index (χ3n) is 4.86. The van der Waals surface area contributed by atoms with Gasteiger partial charge in [0.2, 0.25) is 0 Å². The number of nitrogens with zero attached hydrogens (tertiary/aromatic N) is 1. The number of thiophene rings is 1. The van der Waals surface area contributed by atoms with Crippen molar-refractivity contribution in [1.82, 2.24) is 9.97 Å². The summed E-state index contributed by atoms with van der Waals surface area (Å²) in [6, 6.07) is 10.7. The number of rotatable bonds is 4. The number of quaternary nitrogens is 1. The second kappa shape index (κ2) is 6.49. The summed E-state index contributed by atoms with van der Waals surface area (Å²) in [4.78, 5) is 22.6. The Balaban J connectivity index is 1.58. The lowest BCUT2D eigenvalue weighted by Crippen LogP contribution is -2.83. The number of aryl methyl sites for hydroxylation is 2. The summed E-state index contributed by atoms with van der Waals surface area (Å²) in [5.74, 6) is 0.772. The van der Waals surface area contributed by atoms with Crippen LogP contribution in [-0.2, 0) is 19.4 Å². The van der Waals surface area contributed by atoms with Gasteiger partial charge in [-0.25, -0.2) is 4.98 Å². The van der Waals surface area contributed by atoms with Gasteiger partial charge >= 0.3 is 0 Å². The summed E-state index contributed by atoms with van der Waals surface area (Å²) >= 11 is 1.71. The molecule has 1 aromatic carbocycles. The molecule has 1 aliphatic carbocycles. The number of aromatic amines is 1. The molecule has 0 unspecified atom stereocenters. The van der Waals surface area contributed by atoms with Gasteiger partial charge in [0.05, 0.1) is 5.39 Å². The monoisotopic (exact) mass is 340 g/mol. The summed E-state index contributed by atoms with van der Waals surface area (Å²) in [6.07, 6.45) is 4.54. The summed E-state index contributed by atoms with van der Waals surface area (Å²) < 4.78 is 0. The van der Waals surface area contributed by atoms with Gasteiger partial charge in [0.1, 0.15) is 17.4 Å². The zero-order valence-electron chi connectivity index (χ0n) is 13.8. The molecule has 0 saturated carbocycles. The fraction of sp³-hybridized carbons (Fsp3) is 0.368. The molecule has 0 saturated heterocycles. The standard InChI is InChI=1S/C19H21N3OS/c1-12(13-7-3-2-4-8-13)20-11-16-21-18(23)17-14-9-5-6-10-15(14)24-19(17)22-16/h2-4,7-8,12,20H,5-6,9-11H2,1H3,(H,21,22,23)/p+1/t12-/m0/s1. The Morgan fingerprint density at radius 1 is 1.25 bits per heavy atom. The Morgan fingerprint density at radius 3 is 2.88 bits per heavy atom. The molecule has 1 aliphatic rings. The molecule has 0 fully saturated rings. The zero-order chi connectivity index (χ0) is 16.5. The topological polar surface area (TPSA) is 62.4 Å². The van der Waals surface area contributed by atoms with Crippen LogP contribution in [0.15, 0.2) is 35.1 Å². The van der Waals surface area contributed by atoms with E-state index in [1.54, 1.807) is 11.3 Å². The number of hydrogen-bond acceptors (Lipinski definition) is 3. The first-order valence-electron chi connectivity index (χ1n) is 8.64. The molecule has 3 N–H and O–H groups in total. The van der Waals surface area contributed by atoms with Crippen molar-refractivity contribution in [1.29, 1.82) is 0 Å². The lowest BCUT2D eigenvalue weighted by molar-refractivity contribution is -0.708. The number of fused-ring (bicyclic) bond motifs is 3. The predicted octanol–water partition coefficient (Wildman–Crippen LogP) is 2.69. The van der Waals surface area contributed by atoms with Crippen LogP contribution in [0.4, 0.5) is 0 Å². The van der Waals surface area contributed by atoms with Crippen LogP contribution >= 0.6 is 11.3 Å². The van der Waals surface area contributed by atoms with Gasteiger partial charge in [-0.2, -0.15) is 0 Å². The SMILES string of the molecule is C[C@H]([NH2+]Cc1nc2sc3c(c2c(=O)[nH]1)CCCC3)c1ccccc1. The van der Waals surface area contributed by atoms with E-state index >= 15 is 0 Å². The van der Waals surface area contributed by atoms with E-state index in [9.17, 15) is 4.79 Å². The fourth-order valence-corrected chi connectivity index (χ4v) is 4.77. The first kappa shape index (κ1) is 15.5. The van der Waals surface area contributed by atoms with Gasteiger partial charge < -0.3 is 10.3 Å². The van der Waals surface area contributed by atoms with Crippen molar-refractivity contribution in [2.24, 2.45) is 0 Å². The van der Waals surface area contributed by atoms with E-state index in [0.29, 0.717) is 12.6 Å². The van der Waals surface area contributed by atoms with Gasteiger partial charge in [0.15, 0.2) is 5.82 Å². The minimum atomic E-state index is 0.0372. The highest BCUT2D eigenvalue weighted by atomic mass is 32.1. The van der Waals surface area contributed by atoms with Crippen molar-refractivity contribution < 1.29 is 5.32 Å². The molecule has 24 heavy (non-hydrogen) atoms. The van der Waals surface area contributed by atoms with E-state index in [-0.39, 0.29) is 5.56 Å². The Labute approximate surface area is 145 Å². The second-order valence-electron chi connectivity index (χ2n) is 6.54. The lowest BCUT2D eigenvalue weighted by Gasteiger charge is -2.11. The van der Waals surface area contributed by atoms with E-state index in [0.717, 1.165) is 28.9 Å². The van der Waals surface area contributed by atoms with Gasteiger partial charge in [-0.15, -0.1) is 11.3 Å². The summed E-state index contributed by atoms with van der Waals surface area (Å²) in [5.41, 5.74) is 2.57. The highest BCUT2D eigenvalue weighted by Gasteiger charge is 2.20. The van der Waals surface area contributed by atoms with E-state index in [4.69, 9.17) is 4.98 Å². The van der Waals surface area contributed by atoms with Gasteiger partial charge in [0, 0.05) is 10.4 Å². The molecule has 0 amide bonds. The minimum absolute atomic E-state index is 0.0372. The van der Waals surface area contributed by atoms with Crippen LogP contribution in [-0.4, -0.2) is 9.97 Å². The predicted molar refractivity (Wildman–Crippen MR) is 97.4 cm³/mol. The van der Waals surface area contributed by atoms with Gasteiger partial charge in [0.25, 0.3) is 5.56 Å². The van der Waals surface area contributed by atoms with Crippen molar-refractivity contribution in [2.45, 2.75) is 45.2 Å². The van der Waals surface area contributed by atoms with Crippen LogP contribution in [0.25, 0.3) is 10.2 Å². The van der Waals surface area contributed by atoms with Crippen molar-refractivity contribution in [3.05, 3.63) is 62.5 Å². The third kappa shape index (κ3) is 2.89. The third-order valence-corrected chi connectivity index (χ3v) is 6.05. The molecule has 0 radical (unpaired) electrons. The number of nitrogens with two attached hydrogens (primary N) is 1. The normalized spacial score (nSPS) is 15.4. The Kier molecular flexibility index (Phi) is 4.21. The minimum Gasteiger partial charge on any atom is -0.334 e. The second-order valence-corrected chi connectivity index (χ2v) is 7.63. The first-order valence-corrected chi connectivity index (χ1v) is 9.46. The molecule has 5 heteroatoms. The summed E-state index contributed by atoms with van der Waals surface area (Å²) in [6.45, 7) is 2.86. The number of nitrogens with one attached hydrogen (secondary N) is 1. The molecule has 0 spiro atoms. The maximum Gasteiger partial charge on any atom is 0.260 e. The maximum atomic E-state index is 12.5. The van der Waals surface area contributed by atoms with Crippen LogP contribution in [0, 0.1) is 0 Å². The van der Waals surface area contributed by atoms with Crippen molar-refractivity contribution in [2.75, 3.05) is 0 Å². The van der Waals surface area contributed by atoms with E-state index in [1.807, 2.05) is 6.07 Å². The Hall–Kier alpha value is -1.98. The molecule has 4 nitrogen and oxygen atoms in total. The van der Waals surface area contributed by atoms with Crippen LogP contribution in [0.5, 0.6) is 0 Å². The highest BCUT2D eigenvalue weighted by Crippen LogP contribution is 2.33. The summed E-state index contributed by atoms with van der Waals surface area (Å²) in [7, 11) is 0. The summed E-state index contributed by atoms with van der Waals surface area (Å²) in [5, 5.41) is 3.06. The van der Waals surface area contributed by atoms with Crippen LogP contribution < -0.4 is 10.9 Å². The lowest BCUT2D eigenvalue weighted by atomic mass is 9.97. The van der Waals surface area contributed by atoms with Crippen LogP contribution in [0.3, 0.4) is 0 Å². The number of H-pyrrole nitrogens is 1. The molecule has 4 rings (SSSR count). The number of benzene rings is 1. The van der Waals surface area contributed by atoms with E-state index < -0.39 is 0 Å². The van der Waals surface area contributed by atoms with Crippen molar-refractivity contribution in [3.8, 4) is 0 Å². The molecule has 1 atom stereocenters. The molecule has 0 aliphatic heterocycles. The van der Waals surface area contributed by atoms with Gasteiger partial charge in [-0.3, -0.25) is 4.79 Å². The molecule has 124 valence electrons. The quantitative estimate of drug-likeness (QED) is 0.767. The Morgan fingerprint density at radius 2 is 2.04 bits per heavy atom. The van der Waals surface area contributed by atoms with E-state index in [1.165, 1.54) is 28.8 Å². The van der Waals surface area contributed by atoms with Crippen LogP contribution in [0.2, 0.25) is 0 Å². The average molecular weight is 340 g/mol. The largest absolute Gasteiger partial charge is 0.334 e. The molecule has 0 bridgehead atoms. The fourth-order valence-electron chi connectivity index (χ4n) is 3.49. The Bertz CT molecular complexity index is 914. The smallest absolute Gasteiger partial charge is 0.260 e. The maximum absolute atomic E-state index is 12.5. The van der Waals surface area contributed by atoms with Gasteiger partial charge in [-0.05, 0) is 38.2 Å². The van der Waals surface area contributed by atoms with E-state index in [2.05, 4.69) is 41.5 Å². The first-order chi connectivity index (χ1) is 11.7. The molecule has 2 heterocycles. The van der Waals surface area contributed by atoms with Crippen molar-refractivity contribution >= 4 is 21.6 Å². The van der Waals surface area contributed by atoms with Gasteiger partial charge in [-0.1, -0.05) is 30.3 Å². The number of aromatic nitrogens is 2. The molecular formula is C19H22N3OS+. The molecular weight excluding hydrogens is 318 g/mol. The zero-order valence-corrected chi connectivity index (χ0v) is 14.7. The average Bonchev–Trinajstić information content (AvgIpc) is 2.99. The molecule has 3 aromatic rings. The van der Waals surface area contributed by atoms with Crippen molar-refractivity contribution in [3.63, 3.8) is 0 Å².